The average molecular weight is 357 g/mol. The molecule has 0 spiro atoms. The highest BCUT2D eigenvalue weighted by atomic mass is 16.5. The van der Waals surface area contributed by atoms with Crippen LogP contribution in [0.2, 0.25) is 0 Å². The summed E-state index contributed by atoms with van der Waals surface area (Å²) in [5.41, 5.74) is 1.91. The molecule has 1 aromatic carbocycles. The summed E-state index contributed by atoms with van der Waals surface area (Å²) in [5.74, 6) is 1.63. The van der Waals surface area contributed by atoms with Crippen molar-refractivity contribution in [3.63, 3.8) is 0 Å². The molecule has 1 saturated heterocycles. The highest BCUT2D eigenvalue weighted by Crippen LogP contribution is 2.34. The highest BCUT2D eigenvalue weighted by molar-refractivity contribution is 5.76. The van der Waals surface area contributed by atoms with Gasteiger partial charge in [-0.3, -0.25) is 4.79 Å². The molecule has 2 aliphatic rings. The van der Waals surface area contributed by atoms with Gasteiger partial charge in [0.2, 0.25) is 0 Å². The summed E-state index contributed by atoms with van der Waals surface area (Å²) >= 11 is 0. The number of piperidine rings is 1. The molecule has 26 heavy (non-hydrogen) atoms. The van der Waals surface area contributed by atoms with Gasteiger partial charge in [0.1, 0.15) is 11.6 Å². The number of hydrogen-bond donors (Lipinski definition) is 2. The molecule has 2 fully saturated rings. The van der Waals surface area contributed by atoms with E-state index in [1.807, 2.05) is 18.2 Å². The number of nitrogens with one attached hydrogen (secondary N) is 1. The Labute approximate surface area is 153 Å². The van der Waals surface area contributed by atoms with Gasteiger partial charge in [-0.25, -0.2) is 4.98 Å². The van der Waals surface area contributed by atoms with E-state index in [1.165, 1.54) is 19.3 Å². The molecule has 6 nitrogen and oxygen atoms in total. The largest absolute Gasteiger partial charge is 0.497 e. The number of aromatic amines is 1. The van der Waals surface area contributed by atoms with Crippen LogP contribution in [-0.4, -0.2) is 52.2 Å². The van der Waals surface area contributed by atoms with Crippen molar-refractivity contribution < 1.29 is 14.6 Å². The maximum Gasteiger partial charge on any atom is 0.303 e. The number of hydrogen-bond acceptors (Lipinski definition) is 4. The fourth-order valence-electron chi connectivity index (χ4n) is 4.43. The van der Waals surface area contributed by atoms with Crippen molar-refractivity contribution in [3.05, 3.63) is 24.0 Å². The number of carboxylic acid groups (broad SMARTS) is 1. The van der Waals surface area contributed by atoms with Crippen molar-refractivity contribution in [2.45, 2.75) is 44.6 Å². The van der Waals surface area contributed by atoms with Crippen molar-refractivity contribution >= 4 is 17.0 Å². The van der Waals surface area contributed by atoms with Gasteiger partial charge >= 0.3 is 5.97 Å². The van der Waals surface area contributed by atoms with E-state index < -0.39 is 5.97 Å². The zero-order valence-electron chi connectivity index (χ0n) is 15.3. The van der Waals surface area contributed by atoms with Gasteiger partial charge in [0.25, 0.3) is 0 Å². The molecule has 0 unspecified atom stereocenters. The SMILES string of the molecule is COc1ccc2nc(C[C@H]3CN(C4CCC4)CC[C@H]3CC(=O)O)[nH]c2c1. The fourth-order valence-corrected chi connectivity index (χ4v) is 4.43. The highest BCUT2D eigenvalue weighted by Gasteiger charge is 2.35. The smallest absolute Gasteiger partial charge is 0.303 e. The first-order valence-electron chi connectivity index (χ1n) is 9.61. The summed E-state index contributed by atoms with van der Waals surface area (Å²) in [5, 5.41) is 9.30. The van der Waals surface area contributed by atoms with E-state index in [-0.39, 0.29) is 12.3 Å². The van der Waals surface area contributed by atoms with Crippen LogP contribution in [0.1, 0.15) is 37.9 Å². The van der Waals surface area contributed by atoms with Crippen molar-refractivity contribution in [2.24, 2.45) is 11.8 Å². The first-order chi connectivity index (χ1) is 12.6. The summed E-state index contributed by atoms with van der Waals surface area (Å²) in [7, 11) is 1.66. The summed E-state index contributed by atoms with van der Waals surface area (Å²) in [6.07, 6.45) is 5.95. The molecular formula is C20H27N3O3. The Hall–Kier alpha value is -2.08. The Morgan fingerprint density at radius 1 is 1.35 bits per heavy atom. The molecule has 2 heterocycles. The second-order valence-electron chi connectivity index (χ2n) is 7.76. The van der Waals surface area contributed by atoms with Gasteiger partial charge in [-0.15, -0.1) is 0 Å². The molecule has 1 saturated carbocycles. The summed E-state index contributed by atoms with van der Waals surface area (Å²) in [6.45, 7) is 2.03. The summed E-state index contributed by atoms with van der Waals surface area (Å²) < 4.78 is 5.28. The monoisotopic (exact) mass is 357 g/mol. The topological polar surface area (TPSA) is 78.4 Å². The average Bonchev–Trinajstić information content (AvgIpc) is 2.96. The standard InChI is InChI=1S/C20H27N3O3/c1-26-16-5-6-17-18(11-16)22-19(21-17)9-14-12-23(15-3-2-4-15)8-7-13(14)10-20(24)25/h5-6,11,13-15H,2-4,7-10,12H2,1H3,(H,21,22)(H,24,25)/t13-,14-/m0/s1. The number of nitrogens with zero attached hydrogens (tertiary/aromatic N) is 2. The number of imidazole rings is 1. The summed E-state index contributed by atoms with van der Waals surface area (Å²) in [4.78, 5) is 22.0. The van der Waals surface area contributed by atoms with Crippen LogP contribution in [0, 0.1) is 11.8 Å². The Morgan fingerprint density at radius 3 is 2.88 bits per heavy atom. The second kappa shape index (κ2) is 7.27. The molecule has 0 amide bonds. The van der Waals surface area contributed by atoms with Crippen molar-refractivity contribution in [2.75, 3.05) is 20.2 Å². The Bertz CT molecular complexity index is 784. The van der Waals surface area contributed by atoms with Crippen LogP contribution in [-0.2, 0) is 11.2 Å². The Kier molecular flexibility index (Phi) is 4.85. The zero-order chi connectivity index (χ0) is 18.1. The van der Waals surface area contributed by atoms with Gasteiger partial charge in [-0.1, -0.05) is 6.42 Å². The minimum Gasteiger partial charge on any atom is -0.497 e. The maximum atomic E-state index is 11.3. The molecule has 6 heteroatoms. The first kappa shape index (κ1) is 17.3. The van der Waals surface area contributed by atoms with E-state index in [1.54, 1.807) is 7.11 Å². The lowest BCUT2D eigenvalue weighted by Gasteiger charge is -2.45. The van der Waals surface area contributed by atoms with Crippen LogP contribution in [0.4, 0.5) is 0 Å². The van der Waals surface area contributed by atoms with Gasteiger partial charge in [-0.05, 0) is 49.8 Å². The van der Waals surface area contributed by atoms with Gasteiger partial charge in [0.15, 0.2) is 0 Å². The molecular weight excluding hydrogens is 330 g/mol. The molecule has 2 atom stereocenters. The first-order valence-corrected chi connectivity index (χ1v) is 9.61. The van der Waals surface area contributed by atoms with Crippen LogP contribution in [0.5, 0.6) is 5.75 Å². The number of fused-ring (bicyclic) bond motifs is 1. The minimum atomic E-state index is -0.688. The predicted octanol–water partition coefficient (Wildman–Crippen LogP) is 3.08. The summed E-state index contributed by atoms with van der Waals surface area (Å²) in [6, 6.07) is 6.55. The number of aliphatic carboxylic acids is 1. The minimum absolute atomic E-state index is 0.228. The second-order valence-corrected chi connectivity index (χ2v) is 7.76. The molecule has 4 rings (SSSR count). The lowest BCUT2D eigenvalue weighted by Crippen LogP contribution is -2.49. The third-order valence-corrected chi connectivity index (χ3v) is 6.14. The van der Waals surface area contributed by atoms with E-state index in [9.17, 15) is 9.90 Å². The van der Waals surface area contributed by atoms with Crippen LogP contribution >= 0.6 is 0 Å². The van der Waals surface area contributed by atoms with Crippen molar-refractivity contribution in [1.82, 2.24) is 14.9 Å². The van der Waals surface area contributed by atoms with Crippen LogP contribution < -0.4 is 4.74 Å². The molecule has 1 aromatic heterocycles. The number of methoxy groups -OCH3 is 1. The number of rotatable bonds is 6. The van der Waals surface area contributed by atoms with Gasteiger partial charge in [-0.2, -0.15) is 0 Å². The van der Waals surface area contributed by atoms with Crippen LogP contribution in [0.15, 0.2) is 18.2 Å². The Balaban J connectivity index is 1.52. The molecule has 1 aliphatic carbocycles. The molecule has 0 radical (unpaired) electrons. The third kappa shape index (κ3) is 3.56. The van der Waals surface area contributed by atoms with Gasteiger partial charge in [0.05, 0.1) is 18.1 Å². The number of carbonyl (C=O) groups is 1. The fraction of sp³-hybridized carbons (Fsp3) is 0.600. The number of aromatic nitrogens is 2. The number of ether oxygens (including phenoxy) is 1. The number of carboxylic acids is 1. The quantitative estimate of drug-likeness (QED) is 0.831. The van der Waals surface area contributed by atoms with E-state index >= 15 is 0 Å². The van der Waals surface area contributed by atoms with Crippen LogP contribution in [0.3, 0.4) is 0 Å². The number of benzene rings is 1. The zero-order valence-corrected chi connectivity index (χ0v) is 15.3. The molecule has 140 valence electrons. The molecule has 1 aliphatic heterocycles. The van der Waals surface area contributed by atoms with Crippen molar-refractivity contribution in [1.29, 1.82) is 0 Å². The lowest BCUT2D eigenvalue weighted by atomic mass is 9.79. The van der Waals surface area contributed by atoms with Gasteiger partial charge < -0.3 is 19.7 Å². The normalized spacial score (nSPS) is 24.5. The van der Waals surface area contributed by atoms with Crippen LogP contribution in [0.25, 0.3) is 11.0 Å². The molecule has 0 bridgehead atoms. The predicted molar refractivity (Wildman–Crippen MR) is 99.4 cm³/mol. The van der Waals surface area contributed by atoms with E-state index in [4.69, 9.17) is 9.72 Å². The number of likely N-dealkylation sites (tertiary alicyclic amines) is 1. The van der Waals surface area contributed by atoms with E-state index in [2.05, 4.69) is 9.88 Å². The Morgan fingerprint density at radius 2 is 2.19 bits per heavy atom. The lowest BCUT2D eigenvalue weighted by molar-refractivity contribution is -0.139. The van der Waals surface area contributed by atoms with Gasteiger partial charge in [0, 0.05) is 31.5 Å². The van der Waals surface area contributed by atoms with E-state index in [0.717, 1.165) is 48.5 Å². The van der Waals surface area contributed by atoms with E-state index in [0.29, 0.717) is 12.0 Å². The molecule has 2 N–H and O–H groups in total. The number of H-pyrrole nitrogens is 1. The molecule has 2 aromatic rings. The third-order valence-electron chi connectivity index (χ3n) is 6.14. The maximum absolute atomic E-state index is 11.3. The van der Waals surface area contributed by atoms with Crippen molar-refractivity contribution in [3.8, 4) is 5.75 Å².